The monoisotopic (exact) mass is 303 g/mol. The molecule has 6 heteroatoms. The molecule has 0 saturated carbocycles. The highest BCUT2D eigenvalue weighted by Gasteiger charge is 2.30. The van der Waals surface area contributed by atoms with Crippen molar-refractivity contribution >= 4 is 17.5 Å². The Morgan fingerprint density at radius 2 is 2.09 bits per heavy atom. The van der Waals surface area contributed by atoms with Crippen LogP contribution in [0.4, 0.5) is 5.69 Å². The van der Waals surface area contributed by atoms with Crippen LogP contribution in [-0.2, 0) is 4.79 Å². The summed E-state index contributed by atoms with van der Waals surface area (Å²) in [5.41, 5.74) is 1.09. The highest BCUT2D eigenvalue weighted by atomic mass is 16.5. The smallest absolute Gasteiger partial charge is 0.265 e. The first-order valence-corrected chi connectivity index (χ1v) is 7.67. The predicted octanol–water partition coefficient (Wildman–Crippen LogP) is 1.23. The van der Waals surface area contributed by atoms with E-state index in [0.717, 1.165) is 25.9 Å². The number of likely N-dealkylation sites (tertiary alicyclic amines) is 1. The molecule has 2 heterocycles. The maximum Gasteiger partial charge on any atom is 0.265 e. The van der Waals surface area contributed by atoms with E-state index >= 15 is 0 Å². The molecule has 118 valence electrons. The first kappa shape index (κ1) is 14.8. The Morgan fingerprint density at radius 3 is 2.77 bits per heavy atom. The Kier molecular flexibility index (Phi) is 4.02. The zero-order chi connectivity index (χ0) is 15.7. The van der Waals surface area contributed by atoms with Crippen LogP contribution in [-0.4, -0.2) is 49.0 Å². The second-order valence-corrected chi connectivity index (χ2v) is 5.79. The molecule has 1 atom stereocenters. The molecule has 1 aromatic rings. The Bertz CT molecular complexity index is 594. The van der Waals surface area contributed by atoms with Gasteiger partial charge in [-0.05, 0) is 38.9 Å². The molecular formula is C16H21N3O3. The van der Waals surface area contributed by atoms with Crippen LogP contribution < -0.4 is 15.4 Å². The summed E-state index contributed by atoms with van der Waals surface area (Å²) in [5, 5.41) is 6.03. The van der Waals surface area contributed by atoms with Gasteiger partial charge in [-0.15, -0.1) is 0 Å². The van der Waals surface area contributed by atoms with Crippen molar-refractivity contribution in [3.05, 3.63) is 23.8 Å². The standard InChI is InChI=1S/C16H21N3O3/c1-10-15(20)18-13-5-3-4-12(14(13)22-10)16(21)19-8-6-11(17-2)7-9-19/h3-5,10-11,17H,6-9H2,1-2H3,(H,18,20). The van der Waals surface area contributed by atoms with Crippen LogP contribution in [0.15, 0.2) is 18.2 Å². The lowest BCUT2D eigenvalue weighted by Crippen LogP contribution is -2.44. The van der Waals surface area contributed by atoms with Gasteiger partial charge in [0.25, 0.3) is 11.8 Å². The fraction of sp³-hybridized carbons (Fsp3) is 0.500. The van der Waals surface area contributed by atoms with Crippen molar-refractivity contribution in [3.8, 4) is 5.75 Å². The maximum absolute atomic E-state index is 12.8. The van der Waals surface area contributed by atoms with Gasteiger partial charge in [0.2, 0.25) is 0 Å². The van der Waals surface area contributed by atoms with Crippen LogP contribution in [0, 0.1) is 0 Å². The van der Waals surface area contributed by atoms with Crippen molar-refractivity contribution in [1.82, 2.24) is 10.2 Å². The van der Waals surface area contributed by atoms with Crippen molar-refractivity contribution in [2.45, 2.75) is 31.9 Å². The lowest BCUT2D eigenvalue weighted by molar-refractivity contribution is -0.122. The number of carbonyl (C=O) groups is 2. The number of ether oxygens (including phenoxy) is 1. The summed E-state index contributed by atoms with van der Waals surface area (Å²) in [4.78, 5) is 26.3. The number of piperidine rings is 1. The van der Waals surface area contributed by atoms with E-state index in [0.29, 0.717) is 23.0 Å². The number of nitrogens with zero attached hydrogens (tertiary/aromatic N) is 1. The lowest BCUT2D eigenvalue weighted by atomic mass is 10.0. The van der Waals surface area contributed by atoms with Crippen molar-refractivity contribution in [2.24, 2.45) is 0 Å². The number of anilines is 1. The first-order chi connectivity index (χ1) is 10.6. The van der Waals surface area contributed by atoms with Crippen molar-refractivity contribution < 1.29 is 14.3 Å². The van der Waals surface area contributed by atoms with Gasteiger partial charge < -0.3 is 20.3 Å². The highest BCUT2D eigenvalue weighted by molar-refractivity contribution is 6.04. The quantitative estimate of drug-likeness (QED) is 0.862. The minimum atomic E-state index is -0.587. The molecule has 2 aliphatic rings. The van der Waals surface area contributed by atoms with E-state index < -0.39 is 6.10 Å². The molecule has 2 N–H and O–H groups in total. The third-order valence-corrected chi connectivity index (χ3v) is 4.36. The summed E-state index contributed by atoms with van der Waals surface area (Å²) in [6.45, 7) is 3.14. The second-order valence-electron chi connectivity index (χ2n) is 5.79. The summed E-state index contributed by atoms with van der Waals surface area (Å²) in [6.07, 6.45) is 1.31. The van der Waals surface area contributed by atoms with Crippen molar-refractivity contribution in [2.75, 3.05) is 25.5 Å². The molecule has 22 heavy (non-hydrogen) atoms. The minimum Gasteiger partial charge on any atom is -0.478 e. The lowest BCUT2D eigenvalue weighted by Gasteiger charge is -2.33. The zero-order valence-corrected chi connectivity index (χ0v) is 12.9. The van der Waals surface area contributed by atoms with Gasteiger partial charge in [0.1, 0.15) is 0 Å². The van der Waals surface area contributed by atoms with Crippen LogP contribution in [0.5, 0.6) is 5.75 Å². The van der Waals surface area contributed by atoms with E-state index in [1.165, 1.54) is 0 Å². The van der Waals surface area contributed by atoms with Gasteiger partial charge in [-0.2, -0.15) is 0 Å². The molecule has 1 saturated heterocycles. The van der Waals surface area contributed by atoms with Gasteiger partial charge in [-0.25, -0.2) is 0 Å². The van der Waals surface area contributed by atoms with Gasteiger partial charge in [0.15, 0.2) is 11.9 Å². The maximum atomic E-state index is 12.8. The van der Waals surface area contributed by atoms with E-state index in [9.17, 15) is 9.59 Å². The molecule has 1 unspecified atom stereocenters. The summed E-state index contributed by atoms with van der Waals surface area (Å²) in [5.74, 6) is 0.261. The molecule has 1 aromatic carbocycles. The Morgan fingerprint density at radius 1 is 1.36 bits per heavy atom. The molecule has 0 bridgehead atoms. The van der Waals surface area contributed by atoms with Gasteiger partial charge in [0, 0.05) is 19.1 Å². The number of carbonyl (C=O) groups excluding carboxylic acids is 2. The number of nitrogens with one attached hydrogen (secondary N) is 2. The number of rotatable bonds is 2. The number of benzene rings is 1. The van der Waals surface area contributed by atoms with E-state index in [4.69, 9.17) is 4.74 Å². The van der Waals surface area contributed by atoms with Crippen LogP contribution in [0.25, 0.3) is 0 Å². The third-order valence-electron chi connectivity index (χ3n) is 4.36. The average molecular weight is 303 g/mol. The number of para-hydroxylation sites is 1. The van der Waals surface area contributed by atoms with Crippen LogP contribution in [0.1, 0.15) is 30.1 Å². The number of fused-ring (bicyclic) bond motifs is 1. The zero-order valence-electron chi connectivity index (χ0n) is 12.9. The second kappa shape index (κ2) is 5.96. The highest BCUT2D eigenvalue weighted by Crippen LogP contribution is 2.34. The molecule has 6 nitrogen and oxygen atoms in total. The summed E-state index contributed by atoms with van der Waals surface area (Å²) < 4.78 is 5.66. The fourth-order valence-corrected chi connectivity index (χ4v) is 2.94. The summed E-state index contributed by atoms with van der Waals surface area (Å²) >= 11 is 0. The van der Waals surface area contributed by atoms with E-state index in [-0.39, 0.29) is 11.8 Å². The Balaban J connectivity index is 1.82. The number of amides is 2. The van der Waals surface area contributed by atoms with Crippen LogP contribution in [0.3, 0.4) is 0 Å². The molecule has 2 aliphatic heterocycles. The molecule has 0 aliphatic carbocycles. The van der Waals surface area contributed by atoms with Gasteiger partial charge in [-0.3, -0.25) is 9.59 Å². The Hall–Kier alpha value is -2.08. The van der Waals surface area contributed by atoms with E-state index in [1.807, 2.05) is 11.9 Å². The minimum absolute atomic E-state index is 0.0326. The van der Waals surface area contributed by atoms with Gasteiger partial charge in [0.05, 0.1) is 11.3 Å². The van der Waals surface area contributed by atoms with Crippen LogP contribution in [0.2, 0.25) is 0 Å². The molecule has 3 rings (SSSR count). The van der Waals surface area contributed by atoms with E-state index in [1.54, 1.807) is 25.1 Å². The van der Waals surface area contributed by atoms with Crippen LogP contribution >= 0.6 is 0 Å². The molecule has 0 aromatic heterocycles. The molecule has 0 spiro atoms. The average Bonchev–Trinajstić information content (AvgIpc) is 2.55. The summed E-state index contributed by atoms with van der Waals surface area (Å²) in [6, 6.07) is 5.76. The van der Waals surface area contributed by atoms with Gasteiger partial charge in [-0.1, -0.05) is 6.07 Å². The molecule has 0 radical (unpaired) electrons. The number of hydrogen-bond acceptors (Lipinski definition) is 4. The Labute approximate surface area is 129 Å². The van der Waals surface area contributed by atoms with Crippen molar-refractivity contribution in [1.29, 1.82) is 0 Å². The summed E-state index contributed by atoms with van der Waals surface area (Å²) in [7, 11) is 1.95. The molecule has 1 fully saturated rings. The SMILES string of the molecule is CNC1CCN(C(=O)c2cccc3c2OC(C)C(=O)N3)CC1. The topological polar surface area (TPSA) is 70.7 Å². The van der Waals surface area contributed by atoms with Crippen molar-refractivity contribution in [3.63, 3.8) is 0 Å². The molecule has 2 amide bonds. The third kappa shape index (κ3) is 2.66. The van der Waals surface area contributed by atoms with E-state index in [2.05, 4.69) is 10.6 Å². The molecular weight excluding hydrogens is 282 g/mol. The first-order valence-electron chi connectivity index (χ1n) is 7.67. The normalized spacial score (nSPS) is 21.8. The largest absolute Gasteiger partial charge is 0.478 e. The van der Waals surface area contributed by atoms with Gasteiger partial charge >= 0.3 is 0 Å². The predicted molar refractivity (Wildman–Crippen MR) is 83.1 cm³/mol. The number of hydrogen-bond donors (Lipinski definition) is 2. The fourth-order valence-electron chi connectivity index (χ4n) is 2.94.